The topological polar surface area (TPSA) is 44.5 Å². The summed E-state index contributed by atoms with van der Waals surface area (Å²) in [4.78, 5) is 0. The van der Waals surface area contributed by atoms with Gasteiger partial charge in [-0.1, -0.05) is 31.2 Å². The minimum atomic E-state index is 0.385. The van der Waals surface area contributed by atoms with E-state index >= 15 is 0 Å². The van der Waals surface area contributed by atoms with Crippen molar-refractivity contribution < 1.29 is 9.47 Å². The number of methoxy groups -OCH3 is 2. The number of hydrogen-bond acceptors (Lipinski definition) is 3. The first-order valence-corrected chi connectivity index (χ1v) is 6.56. The van der Waals surface area contributed by atoms with Crippen molar-refractivity contribution in [2.24, 2.45) is 5.73 Å². The number of ether oxygens (including phenoxy) is 2. The molecule has 0 fully saturated rings. The van der Waals surface area contributed by atoms with E-state index in [-0.39, 0.29) is 0 Å². The summed E-state index contributed by atoms with van der Waals surface area (Å²) in [7, 11) is 3.40. The molecule has 2 N–H and O–H groups in total. The standard InChI is InChI=1S/C16H21NO2/c1-11(9-10-17)12-7-8-13-14(16(12)19-3)5-4-6-15(13)18-2/h4-8,11H,9-10,17H2,1-3H3. The molecule has 19 heavy (non-hydrogen) atoms. The van der Waals surface area contributed by atoms with Gasteiger partial charge in [-0.05, 0) is 30.5 Å². The van der Waals surface area contributed by atoms with Gasteiger partial charge in [-0.2, -0.15) is 0 Å². The van der Waals surface area contributed by atoms with Gasteiger partial charge in [0.05, 0.1) is 14.2 Å². The van der Waals surface area contributed by atoms with E-state index in [0.717, 1.165) is 28.7 Å². The van der Waals surface area contributed by atoms with Crippen molar-refractivity contribution in [3.63, 3.8) is 0 Å². The number of rotatable bonds is 5. The molecule has 0 amide bonds. The summed E-state index contributed by atoms with van der Waals surface area (Å²) >= 11 is 0. The zero-order chi connectivity index (χ0) is 13.8. The summed E-state index contributed by atoms with van der Waals surface area (Å²) in [5, 5.41) is 2.16. The lowest BCUT2D eigenvalue weighted by Gasteiger charge is -2.18. The summed E-state index contributed by atoms with van der Waals surface area (Å²) in [6.45, 7) is 2.86. The first-order chi connectivity index (χ1) is 9.22. The molecule has 0 bridgehead atoms. The molecule has 0 aliphatic heterocycles. The van der Waals surface area contributed by atoms with E-state index in [4.69, 9.17) is 15.2 Å². The molecule has 0 saturated carbocycles. The van der Waals surface area contributed by atoms with Crippen molar-refractivity contribution in [1.82, 2.24) is 0 Å². The summed E-state index contributed by atoms with van der Waals surface area (Å²) < 4.78 is 11.0. The largest absolute Gasteiger partial charge is 0.496 e. The molecule has 2 aromatic rings. The number of fused-ring (bicyclic) bond motifs is 1. The van der Waals surface area contributed by atoms with Crippen LogP contribution in [0.4, 0.5) is 0 Å². The van der Waals surface area contributed by atoms with Gasteiger partial charge in [0.15, 0.2) is 0 Å². The number of benzene rings is 2. The van der Waals surface area contributed by atoms with Crippen molar-refractivity contribution in [2.75, 3.05) is 20.8 Å². The van der Waals surface area contributed by atoms with Crippen LogP contribution in [0.25, 0.3) is 10.8 Å². The minimum Gasteiger partial charge on any atom is -0.496 e. The lowest BCUT2D eigenvalue weighted by molar-refractivity contribution is 0.408. The summed E-state index contributed by atoms with van der Waals surface area (Å²) in [6.07, 6.45) is 0.950. The maximum absolute atomic E-state index is 5.66. The Morgan fingerprint density at radius 1 is 1.05 bits per heavy atom. The lowest BCUT2D eigenvalue weighted by atomic mass is 9.93. The first-order valence-electron chi connectivity index (χ1n) is 6.56. The van der Waals surface area contributed by atoms with E-state index in [1.807, 2.05) is 12.1 Å². The Labute approximate surface area is 114 Å². The molecule has 0 radical (unpaired) electrons. The fraction of sp³-hybridized carbons (Fsp3) is 0.375. The van der Waals surface area contributed by atoms with E-state index in [0.29, 0.717) is 12.5 Å². The Hall–Kier alpha value is -1.74. The van der Waals surface area contributed by atoms with Gasteiger partial charge < -0.3 is 15.2 Å². The zero-order valence-electron chi connectivity index (χ0n) is 11.8. The molecule has 0 spiro atoms. The van der Waals surface area contributed by atoms with Crippen molar-refractivity contribution >= 4 is 10.8 Å². The Morgan fingerprint density at radius 3 is 2.47 bits per heavy atom. The maximum atomic E-state index is 5.66. The highest BCUT2D eigenvalue weighted by molar-refractivity contribution is 5.94. The predicted octanol–water partition coefficient (Wildman–Crippen LogP) is 3.31. The molecule has 102 valence electrons. The third-order valence-corrected chi connectivity index (χ3v) is 3.56. The second kappa shape index (κ2) is 5.93. The van der Waals surface area contributed by atoms with Crippen LogP contribution in [0.5, 0.6) is 11.5 Å². The molecule has 2 aromatic carbocycles. The number of nitrogens with two attached hydrogens (primary N) is 1. The average Bonchev–Trinajstić information content (AvgIpc) is 2.45. The normalized spacial score (nSPS) is 12.4. The summed E-state index contributed by atoms with van der Waals surface area (Å²) in [5.74, 6) is 2.18. The molecule has 0 saturated heterocycles. The molecule has 1 atom stereocenters. The smallest absolute Gasteiger partial charge is 0.130 e. The van der Waals surface area contributed by atoms with Crippen LogP contribution in [0, 0.1) is 0 Å². The van der Waals surface area contributed by atoms with Gasteiger partial charge in [0.25, 0.3) is 0 Å². The van der Waals surface area contributed by atoms with Gasteiger partial charge in [-0.3, -0.25) is 0 Å². The van der Waals surface area contributed by atoms with E-state index in [1.54, 1.807) is 14.2 Å². The van der Waals surface area contributed by atoms with Gasteiger partial charge in [0.1, 0.15) is 11.5 Å². The van der Waals surface area contributed by atoms with Crippen LogP contribution in [-0.4, -0.2) is 20.8 Å². The fourth-order valence-electron chi connectivity index (χ4n) is 2.52. The monoisotopic (exact) mass is 259 g/mol. The van der Waals surface area contributed by atoms with Crippen LogP contribution >= 0.6 is 0 Å². The van der Waals surface area contributed by atoms with Gasteiger partial charge in [0, 0.05) is 10.8 Å². The first kappa shape index (κ1) is 13.7. The highest BCUT2D eigenvalue weighted by Gasteiger charge is 2.15. The molecular weight excluding hydrogens is 238 g/mol. The van der Waals surface area contributed by atoms with Crippen LogP contribution in [-0.2, 0) is 0 Å². The Morgan fingerprint density at radius 2 is 1.84 bits per heavy atom. The molecular formula is C16H21NO2. The van der Waals surface area contributed by atoms with E-state index in [2.05, 4.69) is 25.1 Å². The zero-order valence-corrected chi connectivity index (χ0v) is 11.8. The predicted molar refractivity (Wildman–Crippen MR) is 79.1 cm³/mol. The second-order valence-corrected chi connectivity index (χ2v) is 4.72. The second-order valence-electron chi connectivity index (χ2n) is 4.72. The Kier molecular flexibility index (Phi) is 4.27. The fourth-order valence-corrected chi connectivity index (χ4v) is 2.52. The highest BCUT2D eigenvalue weighted by atomic mass is 16.5. The Bertz CT molecular complexity index is 566. The van der Waals surface area contributed by atoms with Gasteiger partial charge >= 0.3 is 0 Å². The third kappa shape index (κ3) is 2.51. The lowest BCUT2D eigenvalue weighted by Crippen LogP contribution is -2.06. The quantitative estimate of drug-likeness (QED) is 0.896. The van der Waals surface area contributed by atoms with E-state index < -0.39 is 0 Å². The van der Waals surface area contributed by atoms with Crippen molar-refractivity contribution in [3.8, 4) is 11.5 Å². The highest BCUT2D eigenvalue weighted by Crippen LogP contribution is 2.38. The summed E-state index contributed by atoms with van der Waals surface area (Å²) in [6, 6.07) is 10.2. The maximum Gasteiger partial charge on any atom is 0.130 e. The van der Waals surface area contributed by atoms with Crippen LogP contribution in [0.1, 0.15) is 24.8 Å². The van der Waals surface area contributed by atoms with Gasteiger partial charge in [-0.15, -0.1) is 0 Å². The SMILES string of the molecule is COc1cccc2c(OC)c(C(C)CCN)ccc12. The third-order valence-electron chi connectivity index (χ3n) is 3.56. The van der Waals surface area contributed by atoms with Crippen LogP contribution < -0.4 is 15.2 Å². The molecule has 0 aliphatic carbocycles. The molecule has 0 aromatic heterocycles. The van der Waals surface area contributed by atoms with Crippen molar-refractivity contribution in [3.05, 3.63) is 35.9 Å². The molecule has 1 unspecified atom stereocenters. The average molecular weight is 259 g/mol. The van der Waals surface area contributed by atoms with Crippen LogP contribution in [0.2, 0.25) is 0 Å². The summed E-state index contributed by atoms with van der Waals surface area (Å²) in [5.41, 5.74) is 6.86. The van der Waals surface area contributed by atoms with Crippen molar-refractivity contribution in [2.45, 2.75) is 19.3 Å². The number of hydrogen-bond donors (Lipinski definition) is 1. The Balaban J connectivity index is 2.63. The minimum absolute atomic E-state index is 0.385. The molecule has 0 heterocycles. The van der Waals surface area contributed by atoms with E-state index in [1.165, 1.54) is 5.56 Å². The molecule has 2 rings (SSSR count). The van der Waals surface area contributed by atoms with Crippen LogP contribution in [0.3, 0.4) is 0 Å². The molecule has 3 nitrogen and oxygen atoms in total. The van der Waals surface area contributed by atoms with Gasteiger partial charge in [-0.25, -0.2) is 0 Å². The van der Waals surface area contributed by atoms with Crippen LogP contribution in [0.15, 0.2) is 30.3 Å². The van der Waals surface area contributed by atoms with E-state index in [9.17, 15) is 0 Å². The molecule has 3 heteroatoms. The van der Waals surface area contributed by atoms with Gasteiger partial charge in [0.2, 0.25) is 0 Å². The molecule has 0 aliphatic rings. The van der Waals surface area contributed by atoms with Crippen molar-refractivity contribution in [1.29, 1.82) is 0 Å².